The minimum absolute atomic E-state index is 0.225. The molecule has 21 heavy (non-hydrogen) atoms. The van der Waals surface area contributed by atoms with Crippen LogP contribution in [0.4, 0.5) is 11.4 Å². The molecule has 0 heterocycles. The van der Waals surface area contributed by atoms with Gasteiger partial charge in [0.2, 0.25) is 0 Å². The predicted octanol–water partition coefficient (Wildman–Crippen LogP) is 2.93. The molecule has 0 aliphatic heterocycles. The zero-order valence-electron chi connectivity index (χ0n) is 12.0. The minimum Gasteiger partial charge on any atom is -0.497 e. The summed E-state index contributed by atoms with van der Waals surface area (Å²) in [6.45, 7) is 2.56. The lowest BCUT2D eigenvalue weighted by molar-refractivity contribution is 0.415. The predicted molar refractivity (Wildman–Crippen MR) is 84.4 cm³/mol. The van der Waals surface area contributed by atoms with E-state index in [1.54, 1.807) is 55.6 Å². The normalized spacial score (nSPS) is 11.0. The molecule has 0 unspecified atom stereocenters. The van der Waals surface area contributed by atoms with Crippen molar-refractivity contribution in [3.05, 3.63) is 48.5 Å². The van der Waals surface area contributed by atoms with Gasteiger partial charge in [-0.3, -0.25) is 4.72 Å². The quantitative estimate of drug-likeness (QED) is 0.861. The lowest BCUT2D eigenvalue weighted by Crippen LogP contribution is -2.15. The third-order valence-electron chi connectivity index (χ3n) is 2.89. The molecule has 0 aliphatic carbocycles. The second kappa shape index (κ2) is 6.49. The second-order valence-corrected chi connectivity index (χ2v) is 6.01. The number of nitrogens with one attached hydrogen (secondary N) is 2. The van der Waals surface area contributed by atoms with Crippen LogP contribution in [-0.2, 0) is 10.0 Å². The molecule has 0 aromatic heterocycles. The SMILES string of the molecule is CCNc1ccccc1S(=O)(=O)Nc1ccc(OC)cc1. The van der Waals surface area contributed by atoms with Crippen molar-refractivity contribution in [1.29, 1.82) is 0 Å². The summed E-state index contributed by atoms with van der Waals surface area (Å²) >= 11 is 0. The van der Waals surface area contributed by atoms with E-state index in [0.717, 1.165) is 0 Å². The fraction of sp³-hybridized carbons (Fsp3) is 0.200. The van der Waals surface area contributed by atoms with Crippen LogP contribution >= 0.6 is 0 Å². The third kappa shape index (κ3) is 3.66. The van der Waals surface area contributed by atoms with Gasteiger partial charge in [-0.1, -0.05) is 12.1 Å². The standard InChI is InChI=1S/C15H18N2O3S/c1-3-16-14-6-4-5-7-15(14)21(18,19)17-12-8-10-13(20-2)11-9-12/h4-11,16-17H,3H2,1-2H3. The van der Waals surface area contributed by atoms with E-state index in [1.807, 2.05) is 6.92 Å². The summed E-state index contributed by atoms with van der Waals surface area (Å²) in [6.07, 6.45) is 0. The molecule has 0 radical (unpaired) electrons. The van der Waals surface area contributed by atoms with Gasteiger partial charge in [0.05, 0.1) is 12.8 Å². The van der Waals surface area contributed by atoms with Gasteiger partial charge in [-0.15, -0.1) is 0 Å². The average molecular weight is 306 g/mol. The minimum atomic E-state index is -3.64. The van der Waals surface area contributed by atoms with Crippen LogP contribution in [0.25, 0.3) is 0 Å². The first-order valence-corrected chi connectivity index (χ1v) is 8.05. The van der Waals surface area contributed by atoms with E-state index in [1.165, 1.54) is 0 Å². The summed E-state index contributed by atoms with van der Waals surface area (Å²) in [5.41, 5.74) is 1.07. The van der Waals surface area contributed by atoms with Gasteiger partial charge in [0.25, 0.3) is 10.0 Å². The topological polar surface area (TPSA) is 67.4 Å². The molecule has 2 rings (SSSR count). The summed E-state index contributed by atoms with van der Waals surface area (Å²) < 4.78 is 32.5. The van der Waals surface area contributed by atoms with Gasteiger partial charge in [0.1, 0.15) is 10.6 Å². The molecule has 0 saturated heterocycles. The van der Waals surface area contributed by atoms with Gasteiger partial charge in [-0.2, -0.15) is 0 Å². The Kier molecular flexibility index (Phi) is 4.70. The summed E-state index contributed by atoms with van der Waals surface area (Å²) in [5.74, 6) is 0.672. The number of sulfonamides is 1. The third-order valence-corrected chi connectivity index (χ3v) is 4.33. The van der Waals surface area contributed by atoms with Crippen LogP contribution in [-0.4, -0.2) is 22.1 Å². The monoisotopic (exact) mass is 306 g/mol. The van der Waals surface area contributed by atoms with Crippen LogP contribution in [0.1, 0.15) is 6.92 Å². The smallest absolute Gasteiger partial charge is 0.263 e. The number of methoxy groups -OCH3 is 1. The molecule has 0 spiro atoms. The van der Waals surface area contributed by atoms with Gasteiger partial charge in [0.15, 0.2) is 0 Å². The highest BCUT2D eigenvalue weighted by atomic mass is 32.2. The van der Waals surface area contributed by atoms with Crippen molar-refractivity contribution >= 4 is 21.4 Å². The molecule has 0 saturated carbocycles. The van der Waals surface area contributed by atoms with Crippen LogP contribution in [0.5, 0.6) is 5.75 Å². The number of hydrogen-bond acceptors (Lipinski definition) is 4. The Morgan fingerprint density at radius 2 is 1.71 bits per heavy atom. The van der Waals surface area contributed by atoms with Crippen molar-refractivity contribution in [1.82, 2.24) is 0 Å². The van der Waals surface area contributed by atoms with Crippen LogP contribution in [0.15, 0.2) is 53.4 Å². The highest BCUT2D eigenvalue weighted by Crippen LogP contribution is 2.24. The molecule has 0 amide bonds. The van der Waals surface area contributed by atoms with E-state index < -0.39 is 10.0 Å². The first kappa shape index (κ1) is 15.2. The number of benzene rings is 2. The second-order valence-electron chi connectivity index (χ2n) is 4.36. The maximum absolute atomic E-state index is 12.5. The molecule has 6 heteroatoms. The van der Waals surface area contributed by atoms with Crippen molar-refractivity contribution in [2.24, 2.45) is 0 Å². The Morgan fingerprint density at radius 3 is 2.33 bits per heavy atom. The van der Waals surface area contributed by atoms with E-state index in [0.29, 0.717) is 23.7 Å². The van der Waals surface area contributed by atoms with Gasteiger partial charge in [-0.25, -0.2) is 8.42 Å². The maximum atomic E-state index is 12.5. The van der Waals surface area contributed by atoms with E-state index in [9.17, 15) is 8.42 Å². The van der Waals surface area contributed by atoms with Crippen LogP contribution in [0, 0.1) is 0 Å². The molecule has 5 nitrogen and oxygen atoms in total. The molecule has 112 valence electrons. The van der Waals surface area contributed by atoms with Crippen LogP contribution in [0.3, 0.4) is 0 Å². The first-order valence-electron chi connectivity index (χ1n) is 6.56. The fourth-order valence-corrected chi connectivity index (χ4v) is 3.15. The van der Waals surface area contributed by atoms with Crippen molar-refractivity contribution in [2.75, 3.05) is 23.7 Å². The summed E-state index contributed by atoms with van der Waals surface area (Å²) in [7, 11) is -2.08. The zero-order chi connectivity index (χ0) is 15.3. The Hall–Kier alpha value is -2.21. The lowest BCUT2D eigenvalue weighted by atomic mass is 10.3. The summed E-state index contributed by atoms with van der Waals surface area (Å²) in [6, 6.07) is 13.5. The van der Waals surface area contributed by atoms with Crippen LogP contribution in [0.2, 0.25) is 0 Å². The largest absolute Gasteiger partial charge is 0.497 e. The van der Waals surface area contributed by atoms with Crippen molar-refractivity contribution in [3.8, 4) is 5.75 Å². The fourth-order valence-electron chi connectivity index (χ4n) is 1.91. The van der Waals surface area contributed by atoms with E-state index >= 15 is 0 Å². The van der Waals surface area contributed by atoms with E-state index in [4.69, 9.17) is 4.74 Å². The van der Waals surface area contributed by atoms with Crippen molar-refractivity contribution < 1.29 is 13.2 Å². The Bertz CT molecular complexity index is 697. The molecule has 2 aromatic carbocycles. The van der Waals surface area contributed by atoms with E-state index in [-0.39, 0.29) is 4.90 Å². The Labute approximate surface area is 125 Å². The van der Waals surface area contributed by atoms with Gasteiger partial charge < -0.3 is 10.1 Å². The molecule has 2 aromatic rings. The number of para-hydroxylation sites is 1. The van der Waals surface area contributed by atoms with E-state index in [2.05, 4.69) is 10.0 Å². The van der Waals surface area contributed by atoms with Crippen LogP contribution < -0.4 is 14.8 Å². The highest BCUT2D eigenvalue weighted by molar-refractivity contribution is 7.92. The Morgan fingerprint density at radius 1 is 1.05 bits per heavy atom. The molecular formula is C15H18N2O3S. The average Bonchev–Trinajstić information content (AvgIpc) is 2.48. The summed E-state index contributed by atoms with van der Waals surface area (Å²) in [5, 5.41) is 3.05. The number of rotatable bonds is 6. The number of ether oxygens (including phenoxy) is 1. The molecule has 2 N–H and O–H groups in total. The highest BCUT2D eigenvalue weighted by Gasteiger charge is 2.18. The molecule has 0 aliphatic rings. The maximum Gasteiger partial charge on any atom is 0.263 e. The van der Waals surface area contributed by atoms with Crippen molar-refractivity contribution in [3.63, 3.8) is 0 Å². The van der Waals surface area contributed by atoms with Crippen molar-refractivity contribution in [2.45, 2.75) is 11.8 Å². The Balaban J connectivity index is 2.29. The van der Waals surface area contributed by atoms with Gasteiger partial charge >= 0.3 is 0 Å². The molecule has 0 bridgehead atoms. The number of hydrogen-bond donors (Lipinski definition) is 2. The zero-order valence-corrected chi connectivity index (χ0v) is 12.8. The molecule has 0 atom stereocenters. The molecule has 0 fully saturated rings. The van der Waals surface area contributed by atoms with Gasteiger partial charge in [-0.05, 0) is 43.3 Å². The lowest BCUT2D eigenvalue weighted by Gasteiger charge is -2.13. The molecular weight excluding hydrogens is 288 g/mol. The summed E-state index contributed by atoms with van der Waals surface area (Å²) in [4.78, 5) is 0.225. The number of anilines is 2. The first-order chi connectivity index (χ1) is 10.1. The van der Waals surface area contributed by atoms with Gasteiger partial charge in [0, 0.05) is 12.2 Å².